The molecule has 0 bridgehead atoms. The van der Waals surface area contributed by atoms with E-state index in [0.29, 0.717) is 16.2 Å². The number of carbonyl (C=O) groups is 2. The summed E-state index contributed by atoms with van der Waals surface area (Å²) in [5.74, 6) is -1.29. The Hall–Kier alpha value is -3.52. The lowest BCUT2D eigenvalue weighted by Gasteiger charge is -2.02. The molecule has 0 fully saturated rings. The number of benzene rings is 2. The van der Waals surface area contributed by atoms with Crippen LogP contribution >= 0.6 is 11.3 Å². The quantitative estimate of drug-likeness (QED) is 0.468. The normalized spacial score (nSPS) is 10.8. The number of hydrogen-bond acceptors (Lipinski definition) is 5. The number of halogens is 1. The number of carboxylic acid groups (broad SMARTS) is 1. The van der Waals surface area contributed by atoms with Gasteiger partial charge in [0.15, 0.2) is 6.61 Å². The maximum Gasteiger partial charge on any atom is 0.341 e. The first-order chi connectivity index (χ1) is 13.5. The van der Waals surface area contributed by atoms with Crippen LogP contribution in [0.1, 0.15) is 15.2 Å². The van der Waals surface area contributed by atoms with Gasteiger partial charge in [0.1, 0.15) is 11.6 Å². The highest BCUT2D eigenvalue weighted by Crippen LogP contribution is 2.28. The first-order valence-electron chi connectivity index (χ1n) is 8.15. The van der Waals surface area contributed by atoms with Gasteiger partial charge in [-0.2, -0.15) is 5.10 Å². The second kappa shape index (κ2) is 8.92. The van der Waals surface area contributed by atoms with E-state index in [1.807, 2.05) is 0 Å². The third-order valence-electron chi connectivity index (χ3n) is 3.58. The number of hydrazone groups is 1. The van der Waals surface area contributed by atoms with E-state index in [9.17, 15) is 14.0 Å². The lowest BCUT2D eigenvalue weighted by Crippen LogP contribution is -2.16. The first-order valence-corrected chi connectivity index (χ1v) is 8.97. The summed E-state index contributed by atoms with van der Waals surface area (Å²) in [6.45, 7) is -0.412. The number of ether oxygens (including phenoxy) is 1. The van der Waals surface area contributed by atoms with Crippen molar-refractivity contribution in [2.24, 2.45) is 5.10 Å². The van der Waals surface area contributed by atoms with Gasteiger partial charge < -0.3 is 9.84 Å². The highest BCUT2D eigenvalue weighted by molar-refractivity contribution is 7.17. The highest BCUT2D eigenvalue weighted by atomic mass is 32.1. The number of aliphatic carboxylic acids is 1. The van der Waals surface area contributed by atoms with E-state index in [1.165, 1.54) is 29.7 Å². The van der Waals surface area contributed by atoms with Crippen LogP contribution in [0.2, 0.25) is 0 Å². The third kappa shape index (κ3) is 5.24. The Morgan fingerprint density at radius 2 is 1.79 bits per heavy atom. The molecular weight excluding hydrogens is 383 g/mol. The van der Waals surface area contributed by atoms with Crippen molar-refractivity contribution in [1.29, 1.82) is 0 Å². The van der Waals surface area contributed by atoms with Gasteiger partial charge in [0.05, 0.1) is 11.1 Å². The molecule has 2 aromatic carbocycles. The van der Waals surface area contributed by atoms with Gasteiger partial charge in [-0.1, -0.05) is 12.1 Å². The second-order valence-electron chi connectivity index (χ2n) is 5.62. The van der Waals surface area contributed by atoms with Gasteiger partial charge >= 0.3 is 5.97 Å². The van der Waals surface area contributed by atoms with Gasteiger partial charge in [0, 0.05) is 4.88 Å². The minimum absolute atomic E-state index is 0.311. The zero-order chi connectivity index (χ0) is 19.9. The fourth-order valence-corrected chi connectivity index (χ4v) is 3.15. The van der Waals surface area contributed by atoms with E-state index < -0.39 is 12.6 Å². The molecule has 142 valence electrons. The van der Waals surface area contributed by atoms with Gasteiger partial charge in [-0.3, -0.25) is 4.79 Å². The molecule has 0 spiro atoms. The molecule has 28 heavy (non-hydrogen) atoms. The summed E-state index contributed by atoms with van der Waals surface area (Å²) in [7, 11) is 0. The molecule has 0 aliphatic heterocycles. The fourth-order valence-electron chi connectivity index (χ4n) is 2.24. The molecule has 0 aliphatic rings. The molecule has 0 saturated heterocycles. The SMILES string of the molecule is O=C(O)COc1ccc(/C=N\NC(=O)c2ccc(-c3ccc(F)cc3)s2)cc1. The first kappa shape index (κ1) is 19.2. The topological polar surface area (TPSA) is 88.0 Å². The number of nitrogens with zero attached hydrogens (tertiary/aromatic N) is 1. The van der Waals surface area contributed by atoms with Crippen molar-refractivity contribution in [3.63, 3.8) is 0 Å². The van der Waals surface area contributed by atoms with E-state index in [1.54, 1.807) is 48.5 Å². The molecule has 2 N–H and O–H groups in total. The predicted octanol–water partition coefficient (Wildman–Crippen LogP) is 3.78. The fraction of sp³-hybridized carbons (Fsp3) is 0.0500. The Morgan fingerprint density at radius 3 is 2.46 bits per heavy atom. The minimum atomic E-state index is -1.05. The zero-order valence-corrected chi connectivity index (χ0v) is 15.3. The summed E-state index contributed by atoms with van der Waals surface area (Å²) >= 11 is 1.28. The van der Waals surface area contributed by atoms with Crippen molar-refractivity contribution < 1.29 is 23.8 Å². The van der Waals surface area contributed by atoms with Crippen LogP contribution in [0, 0.1) is 5.82 Å². The highest BCUT2D eigenvalue weighted by Gasteiger charge is 2.09. The molecular formula is C20H15FN2O4S. The van der Waals surface area contributed by atoms with Gasteiger partial charge in [-0.05, 0) is 59.7 Å². The molecule has 0 radical (unpaired) electrons. The van der Waals surface area contributed by atoms with Crippen molar-refractivity contribution >= 4 is 29.4 Å². The molecule has 0 atom stereocenters. The van der Waals surface area contributed by atoms with E-state index in [4.69, 9.17) is 9.84 Å². The van der Waals surface area contributed by atoms with E-state index in [2.05, 4.69) is 10.5 Å². The summed E-state index contributed by atoms with van der Waals surface area (Å²) in [5, 5.41) is 12.5. The summed E-state index contributed by atoms with van der Waals surface area (Å²) in [6.07, 6.45) is 1.47. The van der Waals surface area contributed by atoms with Crippen LogP contribution in [0.4, 0.5) is 4.39 Å². The Kier molecular flexibility index (Phi) is 6.13. The van der Waals surface area contributed by atoms with Crippen molar-refractivity contribution in [2.75, 3.05) is 6.61 Å². The Bertz CT molecular complexity index is 998. The minimum Gasteiger partial charge on any atom is -0.482 e. The lowest BCUT2D eigenvalue weighted by atomic mass is 10.2. The zero-order valence-electron chi connectivity index (χ0n) is 14.5. The van der Waals surface area contributed by atoms with Gasteiger partial charge in [-0.15, -0.1) is 11.3 Å². The Morgan fingerprint density at radius 1 is 1.07 bits per heavy atom. The van der Waals surface area contributed by atoms with Crippen molar-refractivity contribution in [1.82, 2.24) is 5.43 Å². The largest absolute Gasteiger partial charge is 0.482 e. The van der Waals surface area contributed by atoms with Gasteiger partial charge in [0.2, 0.25) is 0 Å². The Labute approximate surface area is 163 Å². The monoisotopic (exact) mass is 398 g/mol. The van der Waals surface area contributed by atoms with Crippen LogP contribution < -0.4 is 10.2 Å². The summed E-state index contributed by atoms with van der Waals surface area (Å²) in [6, 6.07) is 16.1. The molecule has 0 aliphatic carbocycles. The standard InChI is InChI=1S/C20H15FN2O4S/c21-15-5-3-14(4-6-15)17-9-10-18(28-17)20(26)23-22-11-13-1-7-16(8-2-13)27-12-19(24)25/h1-11H,12H2,(H,23,26)(H,24,25)/b22-11-. The van der Waals surface area contributed by atoms with Crippen LogP contribution in [0.15, 0.2) is 65.8 Å². The van der Waals surface area contributed by atoms with Crippen LogP contribution in [-0.4, -0.2) is 29.8 Å². The van der Waals surface area contributed by atoms with Crippen molar-refractivity contribution in [3.05, 3.63) is 76.9 Å². The number of rotatable bonds is 7. The van der Waals surface area contributed by atoms with E-state index >= 15 is 0 Å². The van der Waals surface area contributed by atoms with Crippen LogP contribution in [0.5, 0.6) is 5.75 Å². The molecule has 3 rings (SSSR count). The number of carboxylic acids is 1. The van der Waals surface area contributed by atoms with Crippen LogP contribution in [-0.2, 0) is 4.79 Å². The number of hydrogen-bond donors (Lipinski definition) is 2. The van der Waals surface area contributed by atoms with Gasteiger partial charge in [0.25, 0.3) is 5.91 Å². The average Bonchev–Trinajstić information content (AvgIpc) is 3.18. The molecule has 3 aromatic rings. The van der Waals surface area contributed by atoms with Crippen LogP contribution in [0.3, 0.4) is 0 Å². The van der Waals surface area contributed by atoms with E-state index in [0.717, 1.165) is 10.4 Å². The van der Waals surface area contributed by atoms with Crippen molar-refractivity contribution in [3.8, 4) is 16.2 Å². The average molecular weight is 398 g/mol. The lowest BCUT2D eigenvalue weighted by molar-refractivity contribution is -0.139. The maximum atomic E-state index is 13.0. The third-order valence-corrected chi connectivity index (χ3v) is 4.71. The molecule has 1 aromatic heterocycles. The predicted molar refractivity (Wildman–Crippen MR) is 104 cm³/mol. The van der Waals surface area contributed by atoms with Crippen molar-refractivity contribution in [2.45, 2.75) is 0 Å². The second-order valence-corrected chi connectivity index (χ2v) is 6.71. The number of amides is 1. The number of carbonyl (C=O) groups excluding carboxylic acids is 1. The molecule has 8 heteroatoms. The van der Waals surface area contributed by atoms with Gasteiger partial charge in [-0.25, -0.2) is 14.6 Å². The summed E-state index contributed by atoms with van der Waals surface area (Å²) in [5.41, 5.74) is 3.99. The molecule has 0 unspecified atom stereocenters. The summed E-state index contributed by atoms with van der Waals surface area (Å²) < 4.78 is 18.0. The maximum absolute atomic E-state index is 13.0. The van der Waals surface area contributed by atoms with Crippen LogP contribution in [0.25, 0.3) is 10.4 Å². The molecule has 6 nitrogen and oxygen atoms in total. The van der Waals surface area contributed by atoms with E-state index in [-0.39, 0.29) is 11.7 Å². The Balaban J connectivity index is 1.56. The smallest absolute Gasteiger partial charge is 0.341 e. The number of nitrogens with one attached hydrogen (secondary N) is 1. The number of thiophene rings is 1. The molecule has 1 amide bonds. The summed E-state index contributed by atoms with van der Waals surface area (Å²) in [4.78, 5) is 24.0. The molecule has 0 saturated carbocycles. The molecule has 1 heterocycles.